The zero-order valence-electron chi connectivity index (χ0n) is 13.0. The van der Waals surface area contributed by atoms with E-state index in [4.69, 9.17) is 11.6 Å². The molecule has 23 heavy (non-hydrogen) atoms. The number of nitrogens with zero attached hydrogens (tertiary/aromatic N) is 1. The van der Waals surface area contributed by atoms with Crippen molar-refractivity contribution in [3.8, 4) is 0 Å². The van der Waals surface area contributed by atoms with Crippen LogP contribution in [-0.2, 0) is 11.2 Å². The van der Waals surface area contributed by atoms with Crippen molar-refractivity contribution in [2.45, 2.75) is 26.2 Å². The van der Waals surface area contributed by atoms with Gasteiger partial charge in [0.1, 0.15) is 0 Å². The third kappa shape index (κ3) is 3.71. The minimum absolute atomic E-state index is 0.0718. The summed E-state index contributed by atoms with van der Waals surface area (Å²) in [5.74, 6) is 0.330. The summed E-state index contributed by atoms with van der Waals surface area (Å²) in [5.41, 5.74) is 3.11. The Hall–Kier alpha value is -1.91. The average Bonchev–Trinajstić information content (AvgIpc) is 2.91. The molecule has 1 amide bonds. The van der Waals surface area contributed by atoms with Crippen LogP contribution in [0.5, 0.6) is 0 Å². The third-order valence-electron chi connectivity index (χ3n) is 3.60. The fraction of sp³-hybridized carbons (Fsp3) is 0.222. The van der Waals surface area contributed by atoms with Gasteiger partial charge in [-0.2, -0.15) is 0 Å². The smallest absolute Gasteiger partial charge is 0.230 e. The summed E-state index contributed by atoms with van der Waals surface area (Å²) in [6, 6.07) is 13.5. The highest BCUT2D eigenvalue weighted by Gasteiger charge is 2.12. The number of halogens is 1. The van der Waals surface area contributed by atoms with Crippen molar-refractivity contribution in [2.24, 2.45) is 0 Å². The van der Waals surface area contributed by atoms with Crippen molar-refractivity contribution in [2.75, 3.05) is 5.32 Å². The Morgan fingerprint density at radius 3 is 2.65 bits per heavy atom. The molecule has 0 fully saturated rings. The minimum Gasteiger partial charge on any atom is -0.302 e. The fourth-order valence-corrected chi connectivity index (χ4v) is 3.48. The molecule has 1 aromatic heterocycles. The van der Waals surface area contributed by atoms with Crippen LogP contribution in [0.4, 0.5) is 5.13 Å². The Balaban J connectivity index is 1.77. The fourth-order valence-electron chi connectivity index (χ4n) is 2.44. The number of para-hydroxylation sites is 1. The molecule has 0 aliphatic rings. The second-order valence-corrected chi connectivity index (χ2v) is 7.19. The average molecular weight is 345 g/mol. The van der Waals surface area contributed by atoms with E-state index in [2.05, 4.69) is 30.2 Å². The molecule has 118 valence electrons. The summed E-state index contributed by atoms with van der Waals surface area (Å²) in [4.78, 5) is 16.8. The number of fused-ring (bicyclic) bond motifs is 1. The lowest BCUT2D eigenvalue weighted by atomic mass is 10.0. The summed E-state index contributed by atoms with van der Waals surface area (Å²) in [6.45, 7) is 4.29. The second-order valence-electron chi connectivity index (χ2n) is 5.72. The van der Waals surface area contributed by atoms with Gasteiger partial charge in [0.2, 0.25) is 5.91 Å². The maximum Gasteiger partial charge on any atom is 0.230 e. The number of anilines is 1. The molecular weight excluding hydrogens is 328 g/mol. The van der Waals surface area contributed by atoms with E-state index in [1.54, 1.807) is 12.1 Å². The van der Waals surface area contributed by atoms with Crippen molar-refractivity contribution in [1.82, 2.24) is 4.98 Å². The SMILES string of the molecule is CC(C)c1cccc2sc(NC(=O)Cc3ccc(Cl)cc3)nc12. The molecule has 1 N–H and O–H groups in total. The molecule has 0 saturated carbocycles. The van der Waals surface area contributed by atoms with Gasteiger partial charge in [-0.25, -0.2) is 4.98 Å². The molecule has 2 aromatic carbocycles. The van der Waals surface area contributed by atoms with Gasteiger partial charge in [-0.15, -0.1) is 0 Å². The first kappa shape index (κ1) is 16.0. The van der Waals surface area contributed by atoms with Crippen LogP contribution in [0.2, 0.25) is 5.02 Å². The maximum absolute atomic E-state index is 12.2. The van der Waals surface area contributed by atoms with Crippen LogP contribution in [0.15, 0.2) is 42.5 Å². The molecule has 3 rings (SSSR count). The number of aromatic nitrogens is 1. The molecule has 0 atom stereocenters. The van der Waals surface area contributed by atoms with E-state index >= 15 is 0 Å². The summed E-state index contributed by atoms with van der Waals surface area (Å²) in [6.07, 6.45) is 0.310. The first-order valence-corrected chi connectivity index (χ1v) is 8.66. The number of carbonyl (C=O) groups excluding carboxylic acids is 1. The zero-order chi connectivity index (χ0) is 16.4. The van der Waals surface area contributed by atoms with E-state index in [1.807, 2.05) is 24.3 Å². The van der Waals surface area contributed by atoms with E-state index in [0.717, 1.165) is 15.8 Å². The van der Waals surface area contributed by atoms with E-state index in [-0.39, 0.29) is 5.91 Å². The molecule has 1 heterocycles. The van der Waals surface area contributed by atoms with Gasteiger partial charge in [0.25, 0.3) is 0 Å². The number of hydrogen-bond donors (Lipinski definition) is 1. The molecule has 0 aliphatic carbocycles. The van der Waals surface area contributed by atoms with Crippen LogP contribution in [0.1, 0.15) is 30.9 Å². The Morgan fingerprint density at radius 2 is 1.96 bits per heavy atom. The number of hydrogen-bond acceptors (Lipinski definition) is 3. The minimum atomic E-state index is -0.0718. The molecular formula is C18H17ClN2OS. The lowest BCUT2D eigenvalue weighted by Gasteiger charge is -2.04. The van der Waals surface area contributed by atoms with Crippen molar-refractivity contribution >= 4 is 44.2 Å². The lowest BCUT2D eigenvalue weighted by Crippen LogP contribution is -2.14. The topological polar surface area (TPSA) is 42.0 Å². The number of carbonyl (C=O) groups is 1. The second kappa shape index (κ2) is 6.69. The number of thiazole rings is 1. The number of rotatable bonds is 4. The highest BCUT2D eigenvalue weighted by molar-refractivity contribution is 7.22. The van der Waals surface area contributed by atoms with Gasteiger partial charge < -0.3 is 5.32 Å². The Labute approximate surface area is 144 Å². The quantitative estimate of drug-likeness (QED) is 0.702. The highest BCUT2D eigenvalue weighted by Crippen LogP contribution is 2.31. The van der Waals surface area contributed by atoms with E-state index < -0.39 is 0 Å². The first-order valence-electron chi connectivity index (χ1n) is 7.46. The number of benzene rings is 2. The van der Waals surface area contributed by atoms with Gasteiger partial charge >= 0.3 is 0 Å². The molecule has 0 bridgehead atoms. The summed E-state index contributed by atoms with van der Waals surface area (Å²) >= 11 is 7.36. The van der Waals surface area contributed by atoms with Gasteiger partial charge in [-0.1, -0.05) is 61.1 Å². The Kier molecular flexibility index (Phi) is 4.64. The van der Waals surface area contributed by atoms with Crippen LogP contribution in [0, 0.1) is 0 Å². The largest absolute Gasteiger partial charge is 0.302 e. The van der Waals surface area contributed by atoms with E-state index in [1.165, 1.54) is 16.9 Å². The molecule has 3 nitrogen and oxygen atoms in total. The van der Waals surface area contributed by atoms with Crippen molar-refractivity contribution in [3.63, 3.8) is 0 Å². The molecule has 5 heteroatoms. The van der Waals surface area contributed by atoms with Crippen LogP contribution in [-0.4, -0.2) is 10.9 Å². The van der Waals surface area contributed by atoms with E-state index in [9.17, 15) is 4.79 Å². The van der Waals surface area contributed by atoms with Crippen LogP contribution in [0.25, 0.3) is 10.2 Å². The lowest BCUT2D eigenvalue weighted by molar-refractivity contribution is -0.115. The molecule has 3 aromatic rings. The highest BCUT2D eigenvalue weighted by atomic mass is 35.5. The Morgan fingerprint density at radius 1 is 1.22 bits per heavy atom. The third-order valence-corrected chi connectivity index (χ3v) is 4.78. The predicted molar refractivity (Wildman–Crippen MR) is 97.5 cm³/mol. The van der Waals surface area contributed by atoms with Crippen molar-refractivity contribution in [3.05, 3.63) is 58.6 Å². The van der Waals surface area contributed by atoms with Gasteiger partial charge in [-0.05, 0) is 35.2 Å². The summed E-state index contributed by atoms with van der Waals surface area (Å²) in [5, 5.41) is 4.21. The van der Waals surface area contributed by atoms with Crippen LogP contribution >= 0.6 is 22.9 Å². The maximum atomic E-state index is 12.2. The van der Waals surface area contributed by atoms with Gasteiger partial charge in [0.15, 0.2) is 5.13 Å². The number of amides is 1. The predicted octanol–water partition coefficient (Wildman–Crippen LogP) is 5.25. The summed E-state index contributed by atoms with van der Waals surface area (Å²) < 4.78 is 1.10. The zero-order valence-corrected chi connectivity index (χ0v) is 14.5. The molecule has 0 unspecified atom stereocenters. The summed E-state index contributed by atoms with van der Waals surface area (Å²) in [7, 11) is 0. The van der Waals surface area contributed by atoms with E-state index in [0.29, 0.717) is 22.5 Å². The van der Waals surface area contributed by atoms with Crippen molar-refractivity contribution < 1.29 is 4.79 Å². The monoisotopic (exact) mass is 344 g/mol. The number of nitrogens with one attached hydrogen (secondary N) is 1. The van der Waals surface area contributed by atoms with Crippen molar-refractivity contribution in [1.29, 1.82) is 0 Å². The molecule has 0 spiro atoms. The molecule has 0 aliphatic heterocycles. The first-order chi connectivity index (χ1) is 11.0. The Bertz CT molecular complexity index is 840. The standard InChI is InChI=1S/C18H17ClN2OS/c1-11(2)14-4-3-5-15-17(14)21-18(23-15)20-16(22)10-12-6-8-13(19)9-7-12/h3-9,11H,10H2,1-2H3,(H,20,21,22). The van der Waals surface area contributed by atoms with Crippen LogP contribution in [0.3, 0.4) is 0 Å². The van der Waals surface area contributed by atoms with Gasteiger partial charge in [0.05, 0.1) is 16.6 Å². The normalized spacial score (nSPS) is 11.1. The van der Waals surface area contributed by atoms with Crippen LogP contribution < -0.4 is 5.32 Å². The van der Waals surface area contributed by atoms with Gasteiger partial charge in [0, 0.05) is 5.02 Å². The molecule has 0 saturated heterocycles. The van der Waals surface area contributed by atoms with Gasteiger partial charge in [-0.3, -0.25) is 4.79 Å². The molecule has 0 radical (unpaired) electrons.